The molecule has 9 heteroatoms. The van der Waals surface area contributed by atoms with Crippen LogP contribution in [0.4, 0.5) is 10.2 Å². The molecule has 1 amide bonds. The van der Waals surface area contributed by atoms with Crippen LogP contribution in [0.5, 0.6) is 0 Å². The SMILES string of the molecule is Cc1ccc(F)c(-c2cc(NC(=O)c3ccc(CS(N)(=O)=O)cc3)n[nH]2)c1. The fourth-order valence-corrected chi connectivity index (χ4v) is 3.20. The number of carbonyl (C=O) groups excluding carboxylic acids is 1. The van der Waals surface area contributed by atoms with Gasteiger partial charge in [0.05, 0.1) is 11.4 Å². The van der Waals surface area contributed by atoms with E-state index in [0.29, 0.717) is 22.4 Å². The maximum absolute atomic E-state index is 14.0. The summed E-state index contributed by atoms with van der Waals surface area (Å²) in [5.74, 6) is -0.892. The topological polar surface area (TPSA) is 118 Å². The number of primary sulfonamides is 1. The van der Waals surface area contributed by atoms with Gasteiger partial charge in [0.15, 0.2) is 5.82 Å². The van der Waals surface area contributed by atoms with Crippen LogP contribution in [0.1, 0.15) is 21.5 Å². The maximum atomic E-state index is 14.0. The predicted octanol–water partition coefficient (Wildman–Crippen LogP) is 2.57. The Morgan fingerprint density at radius 3 is 2.56 bits per heavy atom. The summed E-state index contributed by atoms with van der Waals surface area (Å²) in [4.78, 5) is 12.3. The summed E-state index contributed by atoms with van der Waals surface area (Å²) in [6, 6.07) is 12.2. The summed E-state index contributed by atoms with van der Waals surface area (Å²) < 4.78 is 36.1. The lowest BCUT2D eigenvalue weighted by Gasteiger charge is -2.04. The minimum atomic E-state index is -3.63. The van der Waals surface area contributed by atoms with E-state index in [4.69, 9.17) is 5.14 Å². The average molecular weight is 388 g/mol. The van der Waals surface area contributed by atoms with Gasteiger partial charge in [0.25, 0.3) is 5.91 Å². The number of nitrogens with zero attached hydrogens (tertiary/aromatic N) is 1. The van der Waals surface area contributed by atoms with Gasteiger partial charge in [-0.1, -0.05) is 23.8 Å². The molecule has 0 aliphatic rings. The molecule has 3 aromatic rings. The lowest BCUT2D eigenvalue weighted by Crippen LogP contribution is -2.15. The van der Waals surface area contributed by atoms with Crippen LogP contribution in [0, 0.1) is 12.7 Å². The second-order valence-corrected chi connectivity index (χ2v) is 7.72. The van der Waals surface area contributed by atoms with E-state index in [1.807, 2.05) is 6.92 Å². The van der Waals surface area contributed by atoms with Crippen molar-refractivity contribution < 1.29 is 17.6 Å². The molecule has 0 saturated carbocycles. The van der Waals surface area contributed by atoms with Gasteiger partial charge in [-0.15, -0.1) is 0 Å². The van der Waals surface area contributed by atoms with Crippen molar-refractivity contribution in [1.82, 2.24) is 10.2 Å². The van der Waals surface area contributed by atoms with Crippen LogP contribution in [0.15, 0.2) is 48.5 Å². The van der Waals surface area contributed by atoms with Crippen molar-refractivity contribution in [2.75, 3.05) is 5.32 Å². The summed E-state index contributed by atoms with van der Waals surface area (Å²) >= 11 is 0. The molecule has 0 aliphatic carbocycles. The van der Waals surface area contributed by atoms with E-state index in [0.717, 1.165) is 5.56 Å². The number of amides is 1. The normalized spacial score (nSPS) is 11.4. The standard InChI is InChI=1S/C18H17FN4O3S/c1-11-2-7-15(19)14(8-11)16-9-17(23-22-16)21-18(24)13-5-3-12(4-6-13)10-27(20,25)26/h2-9H,10H2,1H3,(H2,20,25,26)(H2,21,22,23,24). The molecule has 0 bridgehead atoms. The third-order valence-electron chi connectivity index (χ3n) is 3.82. The Labute approximate surface area is 155 Å². The molecule has 0 unspecified atom stereocenters. The van der Waals surface area contributed by atoms with Crippen molar-refractivity contribution in [2.45, 2.75) is 12.7 Å². The number of aromatic amines is 1. The Balaban J connectivity index is 1.73. The highest BCUT2D eigenvalue weighted by molar-refractivity contribution is 7.88. The number of rotatable bonds is 5. The number of aromatic nitrogens is 2. The number of sulfonamides is 1. The Bertz CT molecular complexity index is 1090. The molecular weight excluding hydrogens is 371 g/mol. The first-order chi connectivity index (χ1) is 12.7. The van der Waals surface area contributed by atoms with Crippen molar-refractivity contribution in [1.29, 1.82) is 0 Å². The van der Waals surface area contributed by atoms with Gasteiger partial charge in [-0.2, -0.15) is 5.10 Å². The summed E-state index contributed by atoms with van der Waals surface area (Å²) in [5, 5.41) is 14.3. The van der Waals surface area contributed by atoms with E-state index in [-0.39, 0.29) is 11.6 Å². The molecule has 0 spiro atoms. The fraction of sp³-hybridized carbons (Fsp3) is 0.111. The zero-order valence-corrected chi connectivity index (χ0v) is 15.2. The smallest absolute Gasteiger partial charge is 0.256 e. The summed E-state index contributed by atoms with van der Waals surface area (Å²) in [5.41, 5.74) is 2.49. The highest BCUT2D eigenvalue weighted by Gasteiger charge is 2.13. The van der Waals surface area contributed by atoms with Gasteiger partial charge < -0.3 is 5.32 Å². The molecule has 1 heterocycles. The van der Waals surface area contributed by atoms with E-state index in [2.05, 4.69) is 15.5 Å². The number of aryl methyl sites for hydroxylation is 1. The van der Waals surface area contributed by atoms with E-state index in [1.54, 1.807) is 12.1 Å². The Kier molecular flexibility index (Phi) is 5.06. The van der Waals surface area contributed by atoms with E-state index in [1.165, 1.54) is 36.4 Å². The number of halogens is 1. The lowest BCUT2D eigenvalue weighted by molar-refractivity contribution is 0.102. The summed E-state index contributed by atoms with van der Waals surface area (Å²) in [6.07, 6.45) is 0. The van der Waals surface area contributed by atoms with E-state index < -0.39 is 21.7 Å². The Morgan fingerprint density at radius 2 is 1.89 bits per heavy atom. The van der Waals surface area contributed by atoms with Crippen LogP contribution in [0.25, 0.3) is 11.3 Å². The first-order valence-corrected chi connectivity index (χ1v) is 9.65. The summed E-state index contributed by atoms with van der Waals surface area (Å²) in [6.45, 7) is 1.85. The van der Waals surface area contributed by atoms with Crippen LogP contribution < -0.4 is 10.5 Å². The molecule has 0 aliphatic heterocycles. The van der Waals surface area contributed by atoms with Gasteiger partial charge in [0.1, 0.15) is 5.82 Å². The molecule has 2 aromatic carbocycles. The Hall–Kier alpha value is -3.04. The van der Waals surface area contributed by atoms with Crippen LogP contribution in [0.3, 0.4) is 0 Å². The number of carbonyl (C=O) groups is 1. The minimum absolute atomic E-state index is 0.240. The lowest BCUT2D eigenvalue weighted by atomic mass is 10.1. The fourth-order valence-electron chi connectivity index (χ4n) is 2.54. The maximum Gasteiger partial charge on any atom is 0.256 e. The van der Waals surface area contributed by atoms with E-state index in [9.17, 15) is 17.6 Å². The highest BCUT2D eigenvalue weighted by Crippen LogP contribution is 2.24. The predicted molar refractivity (Wildman–Crippen MR) is 99.9 cm³/mol. The van der Waals surface area contributed by atoms with Crippen LogP contribution in [-0.4, -0.2) is 24.5 Å². The van der Waals surface area contributed by atoms with E-state index >= 15 is 0 Å². The van der Waals surface area contributed by atoms with Crippen LogP contribution in [-0.2, 0) is 15.8 Å². The largest absolute Gasteiger partial charge is 0.305 e. The number of anilines is 1. The molecule has 1 aromatic heterocycles. The molecule has 7 nitrogen and oxygen atoms in total. The van der Waals surface area contributed by atoms with Crippen molar-refractivity contribution >= 4 is 21.7 Å². The van der Waals surface area contributed by atoms with Gasteiger partial charge in [-0.05, 0) is 36.8 Å². The molecule has 3 rings (SSSR count). The third kappa shape index (κ3) is 4.78. The van der Waals surface area contributed by atoms with Crippen molar-refractivity contribution in [3.8, 4) is 11.3 Å². The molecular formula is C18H17FN4O3S. The first kappa shape index (κ1) is 18.7. The average Bonchev–Trinajstić information content (AvgIpc) is 3.04. The monoisotopic (exact) mass is 388 g/mol. The number of H-pyrrole nitrogens is 1. The van der Waals surface area contributed by atoms with Crippen molar-refractivity contribution in [2.24, 2.45) is 5.14 Å². The molecule has 0 atom stereocenters. The van der Waals surface area contributed by atoms with Gasteiger partial charge in [-0.3, -0.25) is 9.89 Å². The van der Waals surface area contributed by atoms with Gasteiger partial charge in [-0.25, -0.2) is 17.9 Å². The highest BCUT2D eigenvalue weighted by atomic mass is 32.2. The number of nitrogens with two attached hydrogens (primary N) is 1. The molecule has 27 heavy (non-hydrogen) atoms. The molecule has 0 saturated heterocycles. The number of hydrogen-bond donors (Lipinski definition) is 3. The number of benzene rings is 2. The third-order valence-corrected chi connectivity index (χ3v) is 4.55. The second kappa shape index (κ2) is 7.29. The van der Waals surface area contributed by atoms with Gasteiger partial charge in [0, 0.05) is 17.2 Å². The van der Waals surface area contributed by atoms with Gasteiger partial charge in [0.2, 0.25) is 10.0 Å². The first-order valence-electron chi connectivity index (χ1n) is 7.94. The number of nitrogens with one attached hydrogen (secondary N) is 2. The van der Waals surface area contributed by atoms with Crippen molar-refractivity contribution in [3.05, 3.63) is 71.0 Å². The molecule has 140 valence electrons. The zero-order valence-electron chi connectivity index (χ0n) is 14.4. The Morgan fingerprint density at radius 1 is 1.19 bits per heavy atom. The number of hydrogen-bond acceptors (Lipinski definition) is 4. The minimum Gasteiger partial charge on any atom is -0.305 e. The molecule has 0 radical (unpaired) electrons. The van der Waals surface area contributed by atoms with Crippen LogP contribution >= 0.6 is 0 Å². The van der Waals surface area contributed by atoms with Gasteiger partial charge >= 0.3 is 0 Å². The molecule has 0 fully saturated rings. The second-order valence-electron chi connectivity index (χ2n) is 6.11. The quantitative estimate of drug-likeness (QED) is 0.622. The summed E-state index contributed by atoms with van der Waals surface area (Å²) in [7, 11) is -3.63. The van der Waals surface area contributed by atoms with Crippen LogP contribution in [0.2, 0.25) is 0 Å². The van der Waals surface area contributed by atoms with Crippen molar-refractivity contribution in [3.63, 3.8) is 0 Å². The molecule has 4 N–H and O–H groups in total. The zero-order chi connectivity index (χ0) is 19.6.